The molecular formula is C12H11BrN2S. The molecule has 2 aliphatic rings. The quantitative estimate of drug-likeness (QED) is 0.788. The molecule has 0 aromatic heterocycles. The van der Waals surface area contributed by atoms with Crippen LogP contribution in [-0.4, -0.2) is 23.2 Å². The van der Waals surface area contributed by atoms with E-state index in [0.29, 0.717) is 0 Å². The van der Waals surface area contributed by atoms with Crippen LogP contribution >= 0.6 is 27.7 Å². The smallest absolute Gasteiger partial charge is 0.168 e. The predicted octanol–water partition coefficient (Wildman–Crippen LogP) is 3.47. The van der Waals surface area contributed by atoms with Gasteiger partial charge in [0.05, 0.1) is 12.2 Å². The zero-order valence-electron chi connectivity index (χ0n) is 8.90. The lowest BCUT2D eigenvalue weighted by molar-refractivity contribution is 0.650. The van der Waals surface area contributed by atoms with Gasteiger partial charge in [0.2, 0.25) is 0 Å². The fourth-order valence-corrected chi connectivity index (χ4v) is 3.16. The normalized spacial score (nSPS) is 18.5. The van der Waals surface area contributed by atoms with E-state index < -0.39 is 0 Å². The second kappa shape index (κ2) is 3.93. The highest BCUT2D eigenvalue weighted by atomic mass is 79.9. The third-order valence-electron chi connectivity index (χ3n) is 2.82. The van der Waals surface area contributed by atoms with E-state index in [-0.39, 0.29) is 0 Å². The molecule has 1 aromatic carbocycles. The van der Waals surface area contributed by atoms with Crippen LogP contribution < -0.4 is 0 Å². The molecule has 0 unspecified atom stereocenters. The Morgan fingerprint density at radius 1 is 1.44 bits per heavy atom. The van der Waals surface area contributed by atoms with Gasteiger partial charge in [-0.05, 0) is 30.2 Å². The van der Waals surface area contributed by atoms with Gasteiger partial charge in [-0.1, -0.05) is 33.8 Å². The predicted molar refractivity (Wildman–Crippen MR) is 73.5 cm³/mol. The van der Waals surface area contributed by atoms with Gasteiger partial charge in [-0.3, -0.25) is 4.99 Å². The molecule has 2 heterocycles. The van der Waals surface area contributed by atoms with Gasteiger partial charge < -0.3 is 4.90 Å². The van der Waals surface area contributed by atoms with Crippen molar-refractivity contribution in [2.75, 3.05) is 13.1 Å². The molecule has 0 fully saturated rings. The topological polar surface area (TPSA) is 15.6 Å². The highest BCUT2D eigenvalue weighted by Gasteiger charge is 2.26. The molecule has 2 nitrogen and oxygen atoms in total. The molecule has 82 valence electrons. The number of hydrogen-bond donors (Lipinski definition) is 0. The van der Waals surface area contributed by atoms with Crippen LogP contribution in [0.5, 0.6) is 0 Å². The molecule has 0 saturated carbocycles. The first-order valence-corrected chi connectivity index (χ1v) is 6.88. The van der Waals surface area contributed by atoms with Crippen LogP contribution in [0.4, 0.5) is 0 Å². The van der Waals surface area contributed by atoms with Crippen molar-refractivity contribution in [3.05, 3.63) is 39.2 Å². The third-order valence-corrected chi connectivity index (χ3v) is 4.61. The van der Waals surface area contributed by atoms with E-state index in [9.17, 15) is 0 Å². The number of aryl methyl sites for hydroxylation is 1. The number of amidine groups is 1. The molecule has 0 amide bonds. The summed E-state index contributed by atoms with van der Waals surface area (Å²) in [6, 6.07) is 6.49. The average Bonchev–Trinajstić information content (AvgIpc) is 2.83. The molecule has 0 atom stereocenters. The number of thioether (sulfide) groups is 1. The zero-order chi connectivity index (χ0) is 11.1. The Morgan fingerprint density at radius 3 is 3.12 bits per heavy atom. The molecule has 0 saturated heterocycles. The Labute approximate surface area is 108 Å². The maximum absolute atomic E-state index is 4.46. The maximum atomic E-state index is 4.46. The van der Waals surface area contributed by atoms with Crippen LogP contribution in [0.15, 0.2) is 33.1 Å². The molecule has 1 aromatic rings. The summed E-state index contributed by atoms with van der Waals surface area (Å²) in [5, 5.41) is 3.34. The summed E-state index contributed by atoms with van der Waals surface area (Å²) in [7, 11) is 0. The molecule has 0 spiro atoms. The maximum Gasteiger partial charge on any atom is 0.168 e. The molecule has 0 radical (unpaired) electrons. The van der Waals surface area contributed by atoms with Gasteiger partial charge in [-0.25, -0.2) is 0 Å². The SMILES string of the molecule is Cc1cc(C2=CSC3=NCCN23)ccc1Br. The number of benzene rings is 1. The number of fused-ring (bicyclic) bond motifs is 1. The van der Waals surface area contributed by atoms with Gasteiger partial charge in [-0.15, -0.1) is 0 Å². The lowest BCUT2D eigenvalue weighted by Crippen LogP contribution is -2.19. The fraction of sp³-hybridized carbons (Fsp3) is 0.250. The fourth-order valence-electron chi connectivity index (χ4n) is 1.95. The Bertz CT molecular complexity index is 508. The van der Waals surface area contributed by atoms with Gasteiger partial charge in [0, 0.05) is 16.4 Å². The standard InChI is InChI=1S/C12H11BrN2S/c1-8-6-9(2-3-10(8)13)11-7-16-12-14-4-5-15(11)12/h2-3,6-7H,4-5H2,1H3. The Balaban J connectivity index is 1.99. The van der Waals surface area contributed by atoms with E-state index in [2.05, 4.69) is 56.4 Å². The van der Waals surface area contributed by atoms with Crippen molar-refractivity contribution < 1.29 is 0 Å². The zero-order valence-corrected chi connectivity index (χ0v) is 11.3. The molecule has 3 rings (SSSR count). The van der Waals surface area contributed by atoms with E-state index in [1.807, 2.05) is 0 Å². The van der Waals surface area contributed by atoms with Crippen molar-refractivity contribution in [2.45, 2.75) is 6.92 Å². The number of hydrogen-bond acceptors (Lipinski definition) is 3. The number of nitrogens with zero attached hydrogens (tertiary/aromatic N) is 2. The summed E-state index contributed by atoms with van der Waals surface area (Å²) in [6.07, 6.45) is 0. The highest BCUT2D eigenvalue weighted by Crippen LogP contribution is 2.36. The van der Waals surface area contributed by atoms with Crippen molar-refractivity contribution >= 4 is 38.6 Å². The van der Waals surface area contributed by atoms with Crippen molar-refractivity contribution in [3.63, 3.8) is 0 Å². The van der Waals surface area contributed by atoms with E-state index >= 15 is 0 Å². The van der Waals surface area contributed by atoms with Crippen LogP contribution in [0, 0.1) is 6.92 Å². The number of rotatable bonds is 1. The number of halogens is 1. The molecular weight excluding hydrogens is 284 g/mol. The van der Waals surface area contributed by atoms with Crippen LogP contribution in [0.2, 0.25) is 0 Å². The first-order chi connectivity index (χ1) is 7.75. The first-order valence-electron chi connectivity index (χ1n) is 5.21. The molecule has 2 aliphatic heterocycles. The Morgan fingerprint density at radius 2 is 2.31 bits per heavy atom. The molecule has 16 heavy (non-hydrogen) atoms. The Hall–Kier alpha value is -0.740. The minimum absolute atomic E-state index is 0.926. The van der Waals surface area contributed by atoms with Gasteiger partial charge >= 0.3 is 0 Å². The summed E-state index contributed by atoms with van der Waals surface area (Å²) in [5.74, 6) is 0. The molecule has 0 N–H and O–H groups in total. The summed E-state index contributed by atoms with van der Waals surface area (Å²) in [4.78, 5) is 6.76. The van der Waals surface area contributed by atoms with Crippen LogP contribution in [0.25, 0.3) is 5.70 Å². The highest BCUT2D eigenvalue weighted by molar-refractivity contribution is 9.10. The van der Waals surface area contributed by atoms with Crippen LogP contribution in [0.3, 0.4) is 0 Å². The second-order valence-electron chi connectivity index (χ2n) is 3.90. The summed E-state index contributed by atoms with van der Waals surface area (Å²) >= 11 is 5.26. The minimum Gasteiger partial charge on any atom is -0.318 e. The van der Waals surface area contributed by atoms with Crippen LogP contribution in [0.1, 0.15) is 11.1 Å². The van der Waals surface area contributed by atoms with Gasteiger partial charge in [0.15, 0.2) is 5.17 Å². The van der Waals surface area contributed by atoms with Crippen molar-refractivity contribution in [3.8, 4) is 0 Å². The van der Waals surface area contributed by atoms with E-state index in [1.54, 1.807) is 11.8 Å². The van der Waals surface area contributed by atoms with Crippen molar-refractivity contribution in [1.82, 2.24) is 4.90 Å². The second-order valence-corrected chi connectivity index (χ2v) is 5.59. The lowest BCUT2D eigenvalue weighted by Gasteiger charge is -2.17. The van der Waals surface area contributed by atoms with Gasteiger partial charge in [0.25, 0.3) is 0 Å². The van der Waals surface area contributed by atoms with Gasteiger partial charge in [-0.2, -0.15) is 0 Å². The summed E-state index contributed by atoms with van der Waals surface area (Å²) in [6.45, 7) is 4.06. The molecule has 4 heteroatoms. The van der Waals surface area contributed by atoms with Crippen molar-refractivity contribution in [2.24, 2.45) is 4.99 Å². The van der Waals surface area contributed by atoms with E-state index in [1.165, 1.54) is 16.8 Å². The van der Waals surface area contributed by atoms with Crippen molar-refractivity contribution in [1.29, 1.82) is 0 Å². The van der Waals surface area contributed by atoms with E-state index in [4.69, 9.17) is 0 Å². The third kappa shape index (κ3) is 1.60. The summed E-state index contributed by atoms with van der Waals surface area (Å²) in [5.41, 5.74) is 3.84. The average molecular weight is 295 g/mol. The Kier molecular flexibility index (Phi) is 2.56. The molecule has 0 aliphatic carbocycles. The van der Waals surface area contributed by atoms with E-state index in [0.717, 1.165) is 22.7 Å². The first kappa shape index (κ1) is 10.4. The summed E-state index contributed by atoms with van der Waals surface area (Å²) < 4.78 is 1.16. The minimum atomic E-state index is 0.926. The van der Waals surface area contributed by atoms with Gasteiger partial charge in [0.1, 0.15) is 0 Å². The lowest BCUT2D eigenvalue weighted by atomic mass is 10.1. The monoisotopic (exact) mass is 294 g/mol. The molecule has 0 bridgehead atoms. The van der Waals surface area contributed by atoms with Crippen LogP contribution in [-0.2, 0) is 0 Å². The largest absolute Gasteiger partial charge is 0.318 e. The number of aliphatic imine (C=N–C) groups is 1.